The van der Waals surface area contributed by atoms with E-state index in [0.29, 0.717) is 6.42 Å². The van der Waals surface area contributed by atoms with E-state index in [1.165, 1.54) is 13.8 Å². The smallest absolute Gasteiger partial charge is 0.331 e. The molecule has 1 aromatic heterocycles. The second-order valence-corrected chi connectivity index (χ2v) is 11.8. The normalized spacial score (nSPS) is 42.5. The molecule has 8 atom stereocenters. The van der Waals surface area contributed by atoms with E-state index in [-0.39, 0.29) is 47.4 Å². The molecule has 0 N–H and O–H groups in total. The second-order valence-electron chi connectivity index (χ2n) is 11.8. The summed E-state index contributed by atoms with van der Waals surface area (Å²) in [6, 6.07) is 1.86. The van der Waals surface area contributed by atoms with Gasteiger partial charge in [-0.1, -0.05) is 20.8 Å². The molecule has 0 spiro atoms. The van der Waals surface area contributed by atoms with Gasteiger partial charge >= 0.3 is 17.9 Å². The maximum absolute atomic E-state index is 12.9. The van der Waals surface area contributed by atoms with E-state index in [4.69, 9.17) is 18.6 Å². The van der Waals surface area contributed by atoms with Gasteiger partial charge in [-0.3, -0.25) is 9.59 Å². The number of rotatable bonds is 3. The van der Waals surface area contributed by atoms with Gasteiger partial charge in [0.1, 0.15) is 18.3 Å². The lowest BCUT2D eigenvalue weighted by atomic mass is 9.39. The predicted molar refractivity (Wildman–Crippen MR) is 126 cm³/mol. The van der Waals surface area contributed by atoms with Crippen molar-refractivity contribution in [2.75, 3.05) is 0 Å². The van der Waals surface area contributed by atoms with Crippen LogP contribution in [0.1, 0.15) is 84.8 Å². The quantitative estimate of drug-likeness (QED) is 0.425. The number of cyclic esters (lactones) is 1. The molecule has 0 radical (unpaired) electrons. The SMILES string of the molecule is CC(=O)O[C@H]1CC[C@@]2(C)C(C1)C[C@@H](OC(C)=O)[C@@]1(C)C3=CC(=O)O[C@@H](c4ccoc4)[C@]3(C)CCC21. The largest absolute Gasteiger partial charge is 0.472 e. The van der Waals surface area contributed by atoms with Crippen LogP contribution in [0.5, 0.6) is 0 Å². The van der Waals surface area contributed by atoms with Crippen LogP contribution in [0.3, 0.4) is 0 Å². The van der Waals surface area contributed by atoms with Crippen molar-refractivity contribution in [2.45, 2.75) is 91.5 Å². The molecule has 0 saturated heterocycles. The predicted octanol–water partition coefficient (Wildman–Crippen LogP) is 5.30. The van der Waals surface area contributed by atoms with Gasteiger partial charge in [0, 0.05) is 36.3 Å². The number of hydrogen-bond donors (Lipinski definition) is 0. The Morgan fingerprint density at radius 1 is 1.03 bits per heavy atom. The molecule has 1 aliphatic heterocycles. The molecule has 0 bridgehead atoms. The first kappa shape index (κ1) is 24.1. The molecule has 1 aromatic rings. The molecule has 3 saturated carbocycles. The van der Waals surface area contributed by atoms with Crippen LogP contribution < -0.4 is 0 Å². The second kappa shape index (κ2) is 8.24. The van der Waals surface area contributed by atoms with Crippen LogP contribution in [0, 0.1) is 28.1 Å². The van der Waals surface area contributed by atoms with E-state index in [2.05, 4.69) is 20.8 Å². The van der Waals surface area contributed by atoms with Crippen molar-refractivity contribution in [3.05, 3.63) is 35.8 Å². The molecule has 7 heteroatoms. The molecule has 35 heavy (non-hydrogen) atoms. The minimum atomic E-state index is -0.514. The van der Waals surface area contributed by atoms with Gasteiger partial charge in [0.25, 0.3) is 0 Å². The molecule has 0 amide bonds. The van der Waals surface area contributed by atoms with Crippen molar-refractivity contribution in [3.8, 4) is 0 Å². The zero-order valence-electron chi connectivity index (χ0n) is 21.3. The monoisotopic (exact) mass is 484 g/mol. The highest BCUT2D eigenvalue weighted by Crippen LogP contribution is 2.71. The van der Waals surface area contributed by atoms with E-state index in [9.17, 15) is 14.4 Å². The third-order valence-corrected chi connectivity index (χ3v) is 9.88. The Balaban J connectivity index is 1.58. The highest BCUT2D eigenvalue weighted by molar-refractivity contribution is 5.85. The van der Waals surface area contributed by atoms with Gasteiger partial charge in [-0.25, -0.2) is 4.79 Å². The summed E-state index contributed by atoms with van der Waals surface area (Å²) in [4.78, 5) is 36.9. The number of ether oxygens (including phenoxy) is 3. The molecule has 2 heterocycles. The summed E-state index contributed by atoms with van der Waals surface area (Å²) < 4.78 is 22.9. The Hall–Kier alpha value is -2.57. The first-order valence-electron chi connectivity index (χ1n) is 12.8. The molecular formula is C28H36O7. The third kappa shape index (κ3) is 3.64. The van der Waals surface area contributed by atoms with Crippen molar-refractivity contribution < 1.29 is 33.0 Å². The van der Waals surface area contributed by atoms with Gasteiger partial charge in [-0.15, -0.1) is 0 Å². The molecular weight excluding hydrogens is 448 g/mol. The van der Waals surface area contributed by atoms with Crippen LogP contribution in [0.4, 0.5) is 0 Å². The number of carbonyl (C=O) groups is 3. The summed E-state index contributed by atoms with van der Waals surface area (Å²) in [6.07, 6.45) is 9.00. The summed E-state index contributed by atoms with van der Waals surface area (Å²) in [5.74, 6) is -0.457. The number of carbonyl (C=O) groups excluding carboxylic acids is 3. The fourth-order valence-electron chi connectivity index (χ4n) is 8.37. The third-order valence-electron chi connectivity index (χ3n) is 9.88. The van der Waals surface area contributed by atoms with Crippen molar-refractivity contribution >= 4 is 17.9 Å². The fraction of sp³-hybridized carbons (Fsp3) is 0.679. The van der Waals surface area contributed by atoms with Crippen LogP contribution in [-0.4, -0.2) is 30.1 Å². The average molecular weight is 485 g/mol. The van der Waals surface area contributed by atoms with Gasteiger partial charge in [0.15, 0.2) is 0 Å². The van der Waals surface area contributed by atoms with Gasteiger partial charge in [0.05, 0.1) is 12.5 Å². The van der Waals surface area contributed by atoms with Gasteiger partial charge in [0.2, 0.25) is 0 Å². The number of hydrogen-bond acceptors (Lipinski definition) is 7. The Labute approximate surface area is 206 Å². The lowest BCUT2D eigenvalue weighted by Crippen LogP contribution is -2.63. The van der Waals surface area contributed by atoms with Crippen LogP contribution in [0.2, 0.25) is 0 Å². The lowest BCUT2D eigenvalue weighted by Gasteiger charge is -2.66. The van der Waals surface area contributed by atoms with Gasteiger partial charge in [-0.2, -0.15) is 0 Å². The van der Waals surface area contributed by atoms with E-state index >= 15 is 0 Å². The standard InChI is InChI=1S/C28H36O7/c1-16(29)33-20-6-9-26(3)19(12-20)13-23(34-17(2)30)28(5)21(26)7-10-27(4)22(28)14-24(31)35-25(27)18-8-11-32-15-18/h8,11,14-15,19-21,23,25H,6-7,9-10,12-13H2,1-5H3/t19?,20-,21?,23+,25-,26-,27+,28+/m0/s1. The summed E-state index contributed by atoms with van der Waals surface area (Å²) in [7, 11) is 0. The molecule has 4 aliphatic rings. The summed E-state index contributed by atoms with van der Waals surface area (Å²) in [6.45, 7) is 9.63. The molecule has 5 rings (SSSR count). The summed E-state index contributed by atoms with van der Waals surface area (Å²) in [5.41, 5.74) is 0.909. The van der Waals surface area contributed by atoms with Crippen LogP contribution in [0.15, 0.2) is 34.7 Å². The Bertz CT molecular complexity index is 1060. The maximum atomic E-state index is 12.9. The molecule has 3 fully saturated rings. The van der Waals surface area contributed by atoms with Crippen molar-refractivity contribution in [1.29, 1.82) is 0 Å². The first-order valence-corrected chi connectivity index (χ1v) is 12.8. The van der Waals surface area contributed by atoms with E-state index in [0.717, 1.165) is 43.2 Å². The highest BCUT2D eigenvalue weighted by atomic mass is 16.6. The van der Waals surface area contributed by atoms with Crippen molar-refractivity contribution in [1.82, 2.24) is 0 Å². The van der Waals surface area contributed by atoms with Crippen molar-refractivity contribution in [2.24, 2.45) is 28.1 Å². The molecule has 3 aliphatic carbocycles. The van der Waals surface area contributed by atoms with Crippen LogP contribution in [-0.2, 0) is 28.6 Å². The maximum Gasteiger partial charge on any atom is 0.331 e. The number of esters is 3. The van der Waals surface area contributed by atoms with Crippen LogP contribution >= 0.6 is 0 Å². The molecule has 7 nitrogen and oxygen atoms in total. The summed E-state index contributed by atoms with van der Waals surface area (Å²) >= 11 is 0. The van der Waals surface area contributed by atoms with Gasteiger partial charge < -0.3 is 18.6 Å². The number of fused-ring (bicyclic) bond motifs is 5. The summed E-state index contributed by atoms with van der Waals surface area (Å²) in [5, 5.41) is 0. The first-order chi connectivity index (χ1) is 16.5. The Kier molecular flexibility index (Phi) is 5.68. The Morgan fingerprint density at radius 2 is 1.77 bits per heavy atom. The van der Waals surface area contributed by atoms with E-state index in [1.807, 2.05) is 6.07 Å². The Morgan fingerprint density at radius 3 is 2.43 bits per heavy atom. The highest BCUT2D eigenvalue weighted by Gasteiger charge is 2.67. The van der Waals surface area contributed by atoms with E-state index in [1.54, 1.807) is 18.6 Å². The zero-order valence-corrected chi connectivity index (χ0v) is 21.3. The topological polar surface area (TPSA) is 92.0 Å². The zero-order chi connectivity index (χ0) is 25.2. The lowest BCUT2D eigenvalue weighted by molar-refractivity contribution is -0.203. The van der Waals surface area contributed by atoms with Gasteiger partial charge in [-0.05, 0) is 67.4 Å². The average Bonchev–Trinajstić information content (AvgIpc) is 3.30. The number of furan rings is 1. The van der Waals surface area contributed by atoms with Crippen molar-refractivity contribution in [3.63, 3.8) is 0 Å². The fourth-order valence-corrected chi connectivity index (χ4v) is 8.37. The molecule has 2 unspecified atom stereocenters. The molecule has 0 aromatic carbocycles. The minimum Gasteiger partial charge on any atom is -0.472 e. The minimum absolute atomic E-state index is 0.0172. The molecule has 190 valence electrons. The van der Waals surface area contributed by atoms with Crippen LogP contribution in [0.25, 0.3) is 0 Å². The van der Waals surface area contributed by atoms with E-state index < -0.39 is 16.9 Å².